The molecule has 1 fully saturated rings. The van der Waals surface area contributed by atoms with Crippen molar-refractivity contribution in [2.45, 2.75) is 18.0 Å². The first-order chi connectivity index (χ1) is 18.0. The summed E-state index contributed by atoms with van der Waals surface area (Å²) in [5, 5.41) is 0. The molecule has 0 bridgehead atoms. The molecule has 4 rings (SSSR count). The van der Waals surface area contributed by atoms with Gasteiger partial charge in [0.2, 0.25) is 5.91 Å². The van der Waals surface area contributed by atoms with E-state index in [-0.39, 0.29) is 23.7 Å². The number of rotatable bonds is 7. The second kappa shape index (κ2) is 10.9. The number of carbonyl (C=O) groups excluding carboxylic acids is 1. The molecule has 0 aliphatic carbocycles. The van der Waals surface area contributed by atoms with Crippen LogP contribution in [0.1, 0.15) is 11.1 Å². The molecular weight excluding hydrogens is 519 g/mol. The number of hydrogen-bond donors (Lipinski definition) is 0. The van der Waals surface area contributed by atoms with Gasteiger partial charge in [-0.1, -0.05) is 35.9 Å². The first kappa shape index (κ1) is 27.3. The third-order valence-electron chi connectivity index (χ3n) is 6.41. The number of hydrogen-bond acceptors (Lipinski definition) is 5. The molecule has 202 valence electrons. The quantitative estimate of drug-likeness (QED) is 0.434. The van der Waals surface area contributed by atoms with Gasteiger partial charge in [-0.2, -0.15) is 13.2 Å². The van der Waals surface area contributed by atoms with Gasteiger partial charge in [0, 0.05) is 31.9 Å². The number of anilines is 2. The molecule has 1 aliphatic rings. The molecule has 1 saturated heterocycles. The van der Waals surface area contributed by atoms with Crippen molar-refractivity contribution >= 4 is 27.3 Å². The van der Waals surface area contributed by atoms with Crippen molar-refractivity contribution in [1.82, 2.24) is 4.90 Å². The minimum Gasteiger partial charge on any atom is -0.495 e. The van der Waals surface area contributed by atoms with E-state index in [4.69, 9.17) is 4.74 Å². The highest BCUT2D eigenvalue weighted by atomic mass is 32.2. The third-order valence-corrected chi connectivity index (χ3v) is 8.19. The van der Waals surface area contributed by atoms with Crippen LogP contribution in [0.3, 0.4) is 0 Å². The number of piperazine rings is 1. The van der Waals surface area contributed by atoms with Gasteiger partial charge >= 0.3 is 6.18 Å². The fourth-order valence-corrected chi connectivity index (χ4v) is 5.71. The maximum Gasteiger partial charge on any atom is 0.416 e. The second-order valence-electron chi connectivity index (χ2n) is 8.91. The smallest absolute Gasteiger partial charge is 0.416 e. The number of carbonyl (C=O) groups is 1. The fraction of sp³-hybridized carbons (Fsp3) is 0.296. The number of amides is 1. The Morgan fingerprint density at radius 1 is 0.947 bits per heavy atom. The number of ether oxygens (including phenoxy) is 1. The lowest BCUT2D eigenvalue weighted by Crippen LogP contribution is -2.52. The fourth-order valence-electron chi connectivity index (χ4n) is 4.29. The molecule has 38 heavy (non-hydrogen) atoms. The standard InChI is InChI=1S/C27H28F3N3O4S/c1-20-10-12-23(13-11-20)38(35,36)33(24-8-3-4-9-25(24)37-2)19-26(34)32-16-14-31(15-17-32)22-7-5-6-21(18-22)27(28,29)30/h3-13,18H,14-17,19H2,1-2H3. The van der Waals surface area contributed by atoms with Gasteiger partial charge in [0.15, 0.2) is 0 Å². The first-order valence-corrected chi connectivity index (χ1v) is 13.4. The average Bonchev–Trinajstić information content (AvgIpc) is 2.91. The highest BCUT2D eigenvalue weighted by Crippen LogP contribution is 2.33. The number of methoxy groups -OCH3 is 1. The molecule has 0 atom stereocenters. The molecule has 0 saturated carbocycles. The molecule has 0 aromatic heterocycles. The molecule has 3 aromatic carbocycles. The number of sulfonamides is 1. The number of halogens is 3. The highest BCUT2D eigenvalue weighted by molar-refractivity contribution is 7.92. The summed E-state index contributed by atoms with van der Waals surface area (Å²) in [6.07, 6.45) is -4.45. The molecule has 7 nitrogen and oxygen atoms in total. The predicted octanol–water partition coefficient (Wildman–Crippen LogP) is 4.57. The van der Waals surface area contributed by atoms with Crippen molar-refractivity contribution in [3.05, 3.63) is 83.9 Å². The van der Waals surface area contributed by atoms with Crippen LogP contribution in [-0.4, -0.2) is 59.1 Å². The van der Waals surface area contributed by atoms with E-state index in [1.54, 1.807) is 47.4 Å². The lowest BCUT2D eigenvalue weighted by Gasteiger charge is -2.37. The second-order valence-corrected chi connectivity index (χ2v) is 10.8. The van der Waals surface area contributed by atoms with Gasteiger partial charge in [0.05, 0.1) is 23.3 Å². The zero-order valence-electron chi connectivity index (χ0n) is 21.0. The van der Waals surface area contributed by atoms with E-state index < -0.39 is 34.2 Å². The number of para-hydroxylation sites is 2. The third kappa shape index (κ3) is 5.88. The number of benzene rings is 3. The van der Waals surface area contributed by atoms with Crippen LogP contribution in [0.5, 0.6) is 5.75 Å². The highest BCUT2D eigenvalue weighted by Gasteiger charge is 2.33. The molecular formula is C27H28F3N3O4S. The van der Waals surface area contributed by atoms with E-state index in [0.29, 0.717) is 24.5 Å². The first-order valence-electron chi connectivity index (χ1n) is 11.9. The Labute approximate surface area is 220 Å². The minimum absolute atomic E-state index is 0.0381. The lowest BCUT2D eigenvalue weighted by molar-refractivity contribution is -0.137. The minimum atomic E-state index is -4.45. The van der Waals surface area contributed by atoms with Gasteiger partial charge in [0.1, 0.15) is 12.3 Å². The average molecular weight is 548 g/mol. The van der Waals surface area contributed by atoms with E-state index in [1.807, 2.05) is 6.92 Å². The normalized spacial score (nSPS) is 14.3. The van der Waals surface area contributed by atoms with Crippen molar-refractivity contribution in [1.29, 1.82) is 0 Å². The molecule has 1 aliphatic heterocycles. The Morgan fingerprint density at radius 2 is 1.61 bits per heavy atom. The Balaban J connectivity index is 1.54. The Kier molecular flexibility index (Phi) is 7.86. The summed E-state index contributed by atoms with van der Waals surface area (Å²) in [6.45, 7) is 2.48. The molecule has 1 heterocycles. The summed E-state index contributed by atoms with van der Waals surface area (Å²) in [6, 6.07) is 18.0. The van der Waals surface area contributed by atoms with Crippen molar-refractivity contribution in [2.75, 3.05) is 49.0 Å². The zero-order chi connectivity index (χ0) is 27.5. The molecule has 1 amide bonds. The van der Waals surface area contributed by atoms with Gasteiger partial charge in [-0.3, -0.25) is 9.10 Å². The Morgan fingerprint density at radius 3 is 2.24 bits per heavy atom. The van der Waals surface area contributed by atoms with Crippen LogP contribution in [-0.2, 0) is 21.0 Å². The van der Waals surface area contributed by atoms with Crippen LogP contribution < -0.4 is 13.9 Å². The van der Waals surface area contributed by atoms with E-state index >= 15 is 0 Å². The SMILES string of the molecule is COc1ccccc1N(CC(=O)N1CCN(c2cccc(C(F)(F)F)c2)CC1)S(=O)(=O)c1ccc(C)cc1. The van der Waals surface area contributed by atoms with Gasteiger partial charge in [-0.25, -0.2) is 8.42 Å². The van der Waals surface area contributed by atoms with Gasteiger partial charge in [0.25, 0.3) is 10.0 Å². The van der Waals surface area contributed by atoms with Gasteiger partial charge in [-0.15, -0.1) is 0 Å². The van der Waals surface area contributed by atoms with Crippen LogP contribution in [0.25, 0.3) is 0 Å². The predicted molar refractivity (Wildman–Crippen MR) is 139 cm³/mol. The van der Waals surface area contributed by atoms with Crippen molar-refractivity contribution in [2.24, 2.45) is 0 Å². The number of nitrogens with zero attached hydrogens (tertiary/aromatic N) is 3. The lowest BCUT2D eigenvalue weighted by atomic mass is 10.1. The summed E-state index contributed by atoms with van der Waals surface area (Å²) in [5.41, 5.74) is 0.806. The molecule has 3 aromatic rings. The van der Waals surface area contributed by atoms with Crippen LogP contribution in [0.4, 0.5) is 24.5 Å². The summed E-state index contributed by atoms with van der Waals surface area (Å²) < 4.78 is 73.2. The van der Waals surface area contributed by atoms with Crippen molar-refractivity contribution in [3.8, 4) is 5.75 Å². The van der Waals surface area contributed by atoms with Crippen LogP contribution in [0.15, 0.2) is 77.7 Å². The maximum absolute atomic E-state index is 13.7. The zero-order valence-corrected chi connectivity index (χ0v) is 21.8. The topological polar surface area (TPSA) is 70.2 Å². The largest absolute Gasteiger partial charge is 0.495 e. The van der Waals surface area contributed by atoms with E-state index in [0.717, 1.165) is 22.0 Å². The number of alkyl halides is 3. The molecule has 11 heteroatoms. The van der Waals surface area contributed by atoms with Crippen molar-refractivity contribution < 1.29 is 31.1 Å². The molecule has 0 radical (unpaired) electrons. The van der Waals surface area contributed by atoms with E-state index in [9.17, 15) is 26.4 Å². The van der Waals surface area contributed by atoms with Gasteiger partial charge in [-0.05, 0) is 49.4 Å². The van der Waals surface area contributed by atoms with Crippen molar-refractivity contribution in [3.63, 3.8) is 0 Å². The molecule has 0 unspecified atom stereocenters. The molecule has 0 N–H and O–H groups in total. The van der Waals surface area contributed by atoms with E-state index in [1.165, 1.54) is 30.2 Å². The Bertz CT molecular complexity index is 1390. The summed E-state index contributed by atoms with van der Waals surface area (Å²) >= 11 is 0. The summed E-state index contributed by atoms with van der Waals surface area (Å²) in [5.74, 6) is -0.124. The van der Waals surface area contributed by atoms with Crippen LogP contribution >= 0.6 is 0 Å². The summed E-state index contributed by atoms with van der Waals surface area (Å²) in [4.78, 5) is 16.7. The Hall–Kier alpha value is -3.73. The number of aryl methyl sites for hydroxylation is 1. The molecule has 0 spiro atoms. The van der Waals surface area contributed by atoms with Crippen LogP contribution in [0.2, 0.25) is 0 Å². The van der Waals surface area contributed by atoms with Gasteiger partial charge < -0.3 is 14.5 Å². The monoisotopic (exact) mass is 547 g/mol. The summed E-state index contributed by atoms with van der Waals surface area (Å²) in [7, 11) is -2.70. The van der Waals surface area contributed by atoms with Crippen LogP contribution in [0, 0.1) is 6.92 Å². The van der Waals surface area contributed by atoms with E-state index in [2.05, 4.69) is 0 Å². The maximum atomic E-state index is 13.7.